The molecule has 0 bridgehead atoms. The van der Waals surface area contributed by atoms with Crippen molar-refractivity contribution in [3.05, 3.63) is 57.6 Å². The van der Waals surface area contributed by atoms with Crippen molar-refractivity contribution in [3.8, 4) is 0 Å². The minimum Gasteiger partial charge on any atom is -0.369 e. The molecule has 2 aromatic carbocycles. The summed E-state index contributed by atoms with van der Waals surface area (Å²) in [5.74, 6) is 0. The number of hydrogen-bond donors (Lipinski definition) is 2. The molecule has 0 aromatic heterocycles. The van der Waals surface area contributed by atoms with Crippen molar-refractivity contribution in [2.24, 2.45) is 10.2 Å². The largest absolute Gasteiger partial charge is 0.369 e. The van der Waals surface area contributed by atoms with Gasteiger partial charge in [-0.05, 0) is 36.4 Å². The second-order valence-corrected chi connectivity index (χ2v) is 8.19. The van der Waals surface area contributed by atoms with Crippen LogP contribution in [0.2, 0.25) is 10.0 Å². The van der Waals surface area contributed by atoms with Crippen molar-refractivity contribution >= 4 is 47.0 Å². The van der Waals surface area contributed by atoms with Crippen LogP contribution in [0.25, 0.3) is 0 Å². The van der Waals surface area contributed by atoms with Crippen molar-refractivity contribution in [2.75, 3.05) is 62.2 Å². The molecule has 8 heteroatoms. The Balaban J connectivity index is 1.39. The monoisotopic (exact) mass is 444 g/mol. The molecule has 2 aliphatic rings. The standard InChI is InChI=1S/C22H26Cl2N6/c23-21-13-19(29-9-5-25-6-10-29)3-1-17(21)15-27-28-16-18-2-4-20(14-22(18)24)30-11-7-26-8-12-30/h1-4,13-16,25-26H,5-12H2/b27-15-,28-16-. The summed E-state index contributed by atoms with van der Waals surface area (Å²) in [5.41, 5.74) is 3.96. The van der Waals surface area contributed by atoms with Crippen LogP contribution >= 0.6 is 23.2 Å². The Hall–Kier alpha value is -2.12. The lowest BCUT2D eigenvalue weighted by Crippen LogP contribution is -2.43. The van der Waals surface area contributed by atoms with Gasteiger partial charge in [-0.25, -0.2) is 0 Å². The Morgan fingerprint density at radius 1 is 0.667 bits per heavy atom. The summed E-state index contributed by atoms with van der Waals surface area (Å²) in [6, 6.07) is 12.1. The summed E-state index contributed by atoms with van der Waals surface area (Å²) in [5, 5.41) is 16.4. The van der Waals surface area contributed by atoms with Crippen molar-refractivity contribution < 1.29 is 0 Å². The fourth-order valence-corrected chi connectivity index (χ4v) is 4.12. The number of rotatable bonds is 5. The summed E-state index contributed by atoms with van der Waals surface area (Å²) in [4.78, 5) is 4.65. The second-order valence-electron chi connectivity index (χ2n) is 7.37. The van der Waals surface area contributed by atoms with E-state index in [1.54, 1.807) is 12.4 Å². The molecule has 0 spiro atoms. The number of halogens is 2. The predicted octanol–water partition coefficient (Wildman–Crippen LogP) is 3.27. The van der Waals surface area contributed by atoms with Crippen LogP contribution in [0.15, 0.2) is 46.6 Å². The van der Waals surface area contributed by atoms with Gasteiger partial charge in [0, 0.05) is 74.9 Å². The van der Waals surface area contributed by atoms with Gasteiger partial charge in [0.15, 0.2) is 0 Å². The van der Waals surface area contributed by atoms with E-state index in [0.717, 1.165) is 74.9 Å². The van der Waals surface area contributed by atoms with Gasteiger partial charge in [-0.15, -0.1) is 0 Å². The van der Waals surface area contributed by atoms with Crippen LogP contribution in [-0.2, 0) is 0 Å². The Kier molecular flexibility index (Phi) is 7.23. The Labute approximate surface area is 187 Å². The molecule has 0 radical (unpaired) electrons. The SMILES string of the molecule is Clc1cc(N2CCNCC2)ccc1/C=N\N=C/c1ccc(N2CCNCC2)cc1Cl. The molecule has 4 rings (SSSR count). The molecule has 30 heavy (non-hydrogen) atoms. The van der Waals surface area contributed by atoms with Gasteiger partial charge < -0.3 is 20.4 Å². The van der Waals surface area contributed by atoms with Crippen LogP contribution in [0.4, 0.5) is 11.4 Å². The lowest BCUT2D eigenvalue weighted by atomic mass is 10.2. The van der Waals surface area contributed by atoms with Gasteiger partial charge >= 0.3 is 0 Å². The van der Waals surface area contributed by atoms with Crippen LogP contribution in [0.5, 0.6) is 0 Å². The molecule has 2 saturated heterocycles. The van der Waals surface area contributed by atoms with Gasteiger partial charge in [-0.1, -0.05) is 23.2 Å². The summed E-state index contributed by atoms with van der Waals surface area (Å²) in [6.07, 6.45) is 3.34. The zero-order valence-electron chi connectivity index (χ0n) is 16.8. The van der Waals surface area contributed by atoms with Crippen LogP contribution in [0, 0.1) is 0 Å². The molecule has 158 valence electrons. The van der Waals surface area contributed by atoms with Crippen molar-refractivity contribution in [1.29, 1.82) is 0 Å². The van der Waals surface area contributed by atoms with Crippen molar-refractivity contribution in [2.45, 2.75) is 0 Å². The third-order valence-electron chi connectivity index (χ3n) is 5.39. The number of benzene rings is 2. The van der Waals surface area contributed by atoms with Gasteiger partial charge in [0.25, 0.3) is 0 Å². The molecular formula is C22H26Cl2N6. The van der Waals surface area contributed by atoms with E-state index in [2.05, 4.69) is 42.8 Å². The topological polar surface area (TPSA) is 55.3 Å². The van der Waals surface area contributed by atoms with Crippen molar-refractivity contribution in [3.63, 3.8) is 0 Å². The van der Waals surface area contributed by atoms with Crippen molar-refractivity contribution in [1.82, 2.24) is 10.6 Å². The lowest BCUT2D eigenvalue weighted by Gasteiger charge is -2.29. The predicted molar refractivity (Wildman–Crippen MR) is 128 cm³/mol. The minimum atomic E-state index is 0.670. The average Bonchev–Trinajstić information content (AvgIpc) is 2.79. The Morgan fingerprint density at radius 3 is 1.43 bits per heavy atom. The van der Waals surface area contributed by atoms with Crippen LogP contribution in [-0.4, -0.2) is 64.8 Å². The van der Waals surface area contributed by atoms with E-state index in [9.17, 15) is 0 Å². The Morgan fingerprint density at radius 2 is 1.07 bits per heavy atom. The summed E-state index contributed by atoms with van der Waals surface area (Å²) in [6.45, 7) is 7.93. The molecule has 0 amide bonds. The van der Waals surface area contributed by atoms with E-state index in [0.29, 0.717) is 10.0 Å². The number of nitrogens with one attached hydrogen (secondary N) is 2. The first-order valence-electron chi connectivity index (χ1n) is 10.3. The molecule has 6 nitrogen and oxygen atoms in total. The summed E-state index contributed by atoms with van der Waals surface area (Å²) in [7, 11) is 0. The molecule has 2 aromatic rings. The highest BCUT2D eigenvalue weighted by atomic mass is 35.5. The zero-order valence-corrected chi connectivity index (χ0v) is 18.3. The molecule has 2 N–H and O–H groups in total. The highest BCUT2D eigenvalue weighted by molar-refractivity contribution is 6.33. The van der Waals surface area contributed by atoms with Gasteiger partial charge in [-0.2, -0.15) is 10.2 Å². The molecule has 2 fully saturated rings. The van der Waals surface area contributed by atoms with E-state index in [4.69, 9.17) is 23.2 Å². The molecule has 0 atom stereocenters. The van der Waals surface area contributed by atoms with E-state index in [-0.39, 0.29) is 0 Å². The van der Waals surface area contributed by atoms with Gasteiger partial charge in [0.1, 0.15) is 0 Å². The maximum Gasteiger partial charge on any atom is 0.0583 e. The minimum absolute atomic E-state index is 0.670. The quantitative estimate of drug-likeness (QED) is 0.548. The fraction of sp³-hybridized carbons (Fsp3) is 0.364. The molecular weight excluding hydrogens is 419 g/mol. The smallest absolute Gasteiger partial charge is 0.0583 e. The van der Waals surface area contributed by atoms with Crippen LogP contribution in [0.1, 0.15) is 11.1 Å². The molecule has 0 unspecified atom stereocenters. The fourth-order valence-electron chi connectivity index (χ4n) is 3.67. The normalized spacial score (nSPS) is 17.9. The summed E-state index contributed by atoms with van der Waals surface area (Å²) >= 11 is 12.9. The molecule has 2 heterocycles. The molecule has 2 aliphatic heterocycles. The first-order valence-corrected chi connectivity index (χ1v) is 11.0. The van der Waals surface area contributed by atoms with E-state index in [1.165, 1.54) is 0 Å². The zero-order chi connectivity index (χ0) is 20.8. The van der Waals surface area contributed by atoms with E-state index >= 15 is 0 Å². The Bertz CT molecular complexity index is 842. The first kappa shape index (κ1) is 21.1. The maximum atomic E-state index is 6.45. The average molecular weight is 445 g/mol. The number of anilines is 2. The number of hydrogen-bond acceptors (Lipinski definition) is 6. The van der Waals surface area contributed by atoms with Crippen LogP contribution in [0.3, 0.4) is 0 Å². The van der Waals surface area contributed by atoms with Gasteiger partial charge in [0.05, 0.1) is 22.5 Å². The lowest BCUT2D eigenvalue weighted by molar-refractivity contribution is 0.589. The van der Waals surface area contributed by atoms with E-state index < -0.39 is 0 Å². The maximum absolute atomic E-state index is 6.45. The second kappa shape index (κ2) is 10.3. The third-order valence-corrected chi connectivity index (χ3v) is 6.05. The number of nitrogens with zero attached hydrogens (tertiary/aromatic N) is 4. The molecule has 0 saturated carbocycles. The highest BCUT2D eigenvalue weighted by Gasteiger charge is 2.12. The number of piperazine rings is 2. The third kappa shape index (κ3) is 5.32. The summed E-state index contributed by atoms with van der Waals surface area (Å²) < 4.78 is 0. The molecule has 0 aliphatic carbocycles. The highest BCUT2D eigenvalue weighted by Crippen LogP contribution is 2.24. The van der Waals surface area contributed by atoms with Gasteiger partial charge in [-0.3, -0.25) is 0 Å². The van der Waals surface area contributed by atoms with E-state index in [1.807, 2.05) is 24.3 Å². The van der Waals surface area contributed by atoms with Crippen LogP contribution < -0.4 is 20.4 Å². The van der Waals surface area contributed by atoms with Gasteiger partial charge in [0.2, 0.25) is 0 Å². The first-order chi connectivity index (χ1) is 14.7.